The van der Waals surface area contributed by atoms with Crippen LogP contribution in [0.1, 0.15) is 24.2 Å². The van der Waals surface area contributed by atoms with E-state index in [1.807, 2.05) is 6.07 Å². The fraction of sp³-hybridized carbons (Fsp3) is 0.278. The van der Waals surface area contributed by atoms with Crippen LogP contribution in [0, 0.1) is 24.1 Å². The minimum absolute atomic E-state index is 0.0637. The maximum atomic E-state index is 14.8. The monoisotopic (exact) mass is 380 g/mol. The molecule has 142 valence electrons. The second-order valence-electron chi connectivity index (χ2n) is 6.48. The molecule has 4 rings (SSSR count). The lowest BCUT2D eigenvalue weighted by molar-refractivity contribution is 0.0930. The van der Waals surface area contributed by atoms with E-state index in [1.165, 1.54) is 18.6 Å². The van der Waals surface area contributed by atoms with Gasteiger partial charge in [-0.05, 0) is 19.8 Å². The van der Waals surface area contributed by atoms with Gasteiger partial charge in [0.05, 0.1) is 35.5 Å². The van der Waals surface area contributed by atoms with Crippen LogP contribution in [0.2, 0.25) is 0 Å². The van der Waals surface area contributed by atoms with E-state index in [9.17, 15) is 4.39 Å². The average Bonchev–Trinajstić information content (AvgIpc) is 3.16. The third-order valence-corrected chi connectivity index (χ3v) is 4.57. The number of aromatic nitrogens is 5. The highest BCUT2D eigenvalue weighted by molar-refractivity contribution is 5.71. The number of H-pyrrole nitrogens is 1. The Morgan fingerprint density at radius 3 is 2.75 bits per heavy atom. The summed E-state index contributed by atoms with van der Waals surface area (Å²) in [5.41, 5.74) is 7.07. The molecule has 10 heteroatoms. The van der Waals surface area contributed by atoms with Crippen LogP contribution in [-0.4, -0.2) is 37.3 Å². The summed E-state index contributed by atoms with van der Waals surface area (Å²) in [7, 11) is 0. The Kier molecular flexibility index (Phi) is 4.58. The van der Waals surface area contributed by atoms with Crippen molar-refractivity contribution in [3.63, 3.8) is 0 Å². The molecule has 0 aliphatic heterocycles. The van der Waals surface area contributed by atoms with Gasteiger partial charge in [0.15, 0.2) is 17.3 Å². The fourth-order valence-electron chi connectivity index (χ4n) is 2.81. The highest BCUT2D eigenvalue weighted by Gasteiger charge is 2.31. The predicted octanol–water partition coefficient (Wildman–Crippen LogP) is 2.19. The molecule has 0 unspecified atom stereocenters. The van der Waals surface area contributed by atoms with Crippen LogP contribution in [0.25, 0.3) is 11.3 Å². The van der Waals surface area contributed by atoms with E-state index in [2.05, 4.69) is 30.5 Å². The average molecular weight is 380 g/mol. The first-order valence-electron chi connectivity index (χ1n) is 8.67. The Hall–Kier alpha value is -3.58. The van der Waals surface area contributed by atoms with E-state index in [0.717, 1.165) is 12.8 Å². The lowest BCUT2D eigenvalue weighted by atomic mass is 9.90. The number of hydrogen-bond acceptors (Lipinski definition) is 8. The van der Waals surface area contributed by atoms with Crippen LogP contribution in [-0.2, 0) is 0 Å². The number of nitrogens with one attached hydrogen (secondary N) is 2. The van der Waals surface area contributed by atoms with Gasteiger partial charge in [0.25, 0.3) is 0 Å². The molecule has 1 saturated carbocycles. The standard InChI is InChI=1S/C18H17FN8O/c1-9-18(19)17(14(7-22-9)28-13-3-2-11(13)21)12-4-15(27-26-12)25-16-8-23-10(5-20)6-24-16/h4,6-8,11,13H,2-3,21H2,1H3,(H2,24,25,26,27)/t11-,13+/m0/s1. The second kappa shape index (κ2) is 7.21. The van der Waals surface area contributed by atoms with Gasteiger partial charge in [0, 0.05) is 12.1 Å². The number of halogens is 1. The summed E-state index contributed by atoms with van der Waals surface area (Å²) >= 11 is 0. The predicted molar refractivity (Wildman–Crippen MR) is 98.2 cm³/mol. The summed E-state index contributed by atoms with van der Waals surface area (Å²) < 4.78 is 20.7. The Morgan fingerprint density at radius 1 is 1.25 bits per heavy atom. The fourth-order valence-corrected chi connectivity index (χ4v) is 2.81. The number of aryl methyl sites for hydroxylation is 1. The number of rotatable bonds is 5. The van der Waals surface area contributed by atoms with E-state index >= 15 is 0 Å². The van der Waals surface area contributed by atoms with Crippen LogP contribution < -0.4 is 15.8 Å². The maximum Gasteiger partial charge on any atom is 0.158 e. The van der Waals surface area contributed by atoms with E-state index < -0.39 is 5.82 Å². The quantitative estimate of drug-likeness (QED) is 0.612. The molecule has 0 saturated heterocycles. The van der Waals surface area contributed by atoms with Gasteiger partial charge in [0.1, 0.15) is 23.7 Å². The van der Waals surface area contributed by atoms with E-state index in [1.54, 1.807) is 13.0 Å². The van der Waals surface area contributed by atoms with Gasteiger partial charge in [-0.3, -0.25) is 10.1 Å². The van der Waals surface area contributed by atoms with Gasteiger partial charge in [0.2, 0.25) is 0 Å². The topological polar surface area (TPSA) is 138 Å². The lowest BCUT2D eigenvalue weighted by Gasteiger charge is -2.34. The smallest absolute Gasteiger partial charge is 0.158 e. The minimum atomic E-state index is -0.487. The van der Waals surface area contributed by atoms with Crippen LogP contribution >= 0.6 is 0 Å². The lowest BCUT2D eigenvalue weighted by Crippen LogP contribution is -2.47. The molecule has 0 bridgehead atoms. The minimum Gasteiger partial charge on any atom is -0.486 e. The molecule has 0 aromatic carbocycles. The van der Waals surface area contributed by atoms with Crippen molar-refractivity contribution in [2.45, 2.75) is 31.9 Å². The molecule has 28 heavy (non-hydrogen) atoms. The zero-order valence-corrected chi connectivity index (χ0v) is 15.0. The van der Waals surface area contributed by atoms with Crippen molar-refractivity contribution in [2.75, 3.05) is 5.32 Å². The molecule has 2 atom stereocenters. The van der Waals surface area contributed by atoms with E-state index in [0.29, 0.717) is 23.1 Å². The molecule has 4 N–H and O–H groups in total. The zero-order valence-electron chi connectivity index (χ0n) is 15.0. The van der Waals surface area contributed by atoms with Gasteiger partial charge in [-0.1, -0.05) is 0 Å². The van der Waals surface area contributed by atoms with Crippen molar-refractivity contribution in [2.24, 2.45) is 5.73 Å². The van der Waals surface area contributed by atoms with Crippen LogP contribution in [0.3, 0.4) is 0 Å². The highest BCUT2D eigenvalue weighted by Crippen LogP contribution is 2.36. The van der Waals surface area contributed by atoms with E-state index in [4.69, 9.17) is 15.7 Å². The summed E-state index contributed by atoms with van der Waals surface area (Å²) in [4.78, 5) is 12.1. The van der Waals surface area contributed by atoms with Gasteiger partial charge in [-0.15, -0.1) is 0 Å². The maximum absolute atomic E-state index is 14.8. The number of nitriles is 1. The van der Waals surface area contributed by atoms with Crippen molar-refractivity contribution < 1.29 is 9.13 Å². The van der Waals surface area contributed by atoms with Crippen molar-refractivity contribution in [3.8, 4) is 23.1 Å². The number of aromatic amines is 1. The SMILES string of the molecule is Cc1ncc(O[C@@H]2CC[C@@H]2N)c(-c2cc(Nc3cnc(C#N)cn3)n[nH]2)c1F. The Morgan fingerprint density at radius 2 is 2.11 bits per heavy atom. The van der Waals surface area contributed by atoms with Gasteiger partial charge < -0.3 is 15.8 Å². The number of hydrogen-bond donors (Lipinski definition) is 3. The van der Waals surface area contributed by atoms with Crippen LogP contribution in [0.15, 0.2) is 24.7 Å². The van der Waals surface area contributed by atoms with Crippen molar-refractivity contribution in [3.05, 3.63) is 41.9 Å². The number of nitrogens with two attached hydrogens (primary N) is 1. The van der Waals surface area contributed by atoms with Gasteiger partial charge in [-0.25, -0.2) is 14.4 Å². The first-order chi connectivity index (χ1) is 13.5. The summed E-state index contributed by atoms with van der Waals surface area (Å²) in [5, 5.41) is 18.7. The summed E-state index contributed by atoms with van der Waals surface area (Å²) in [5.74, 6) is 0.643. The molecule has 1 aliphatic rings. The molecule has 3 aromatic rings. The number of nitrogens with zero attached hydrogens (tertiary/aromatic N) is 5. The number of ether oxygens (including phenoxy) is 1. The molecule has 0 radical (unpaired) electrons. The molecule has 3 aromatic heterocycles. The van der Waals surface area contributed by atoms with Crippen molar-refractivity contribution >= 4 is 11.6 Å². The third-order valence-electron chi connectivity index (χ3n) is 4.57. The summed E-state index contributed by atoms with van der Waals surface area (Å²) in [6, 6.07) is 3.46. The summed E-state index contributed by atoms with van der Waals surface area (Å²) in [6.07, 6.45) is 5.80. The van der Waals surface area contributed by atoms with E-state index in [-0.39, 0.29) is 29.1 Å². The molecule has 0 spiro atoms. The van der Waals surface area contributed by atoms with Crippen molar-refractivity contribution in [1.29, 1.82) is 5.26 Å². The molecular weight excluding hydrogens is 363 g/mol. The van der Waals surface area contributed by atoms with Crippen LogP contribution in [0.4, 0.5) is 16.0 Å². The Bertz CT molecular complexity index is 1040. The third kappa shape index (κ3) is 3.35. The molecule has 1 fully saturated rings. The van der Waals surface area contributed by atoms with Crippen LogP contribution in [0.5, 0.6) is 5.75 Å². The molecular formula is C18H17FN8O. The first kappa shape index (κ1) is 17.8. The molecule has 9 nitrogen and oxygen atoms in total. The number of pyridine rings is 1. The molecule has 0 amide bonds. The molecule has 3 heterocycles. The Labute approximate surface area is 159 Å². The summed E-state index contributed by atoms with van der Waals surface area (Å²) in [6.45, 7) is 1.58. The molecule has 1 aliphatic carbocycles. The number of anilines is 2. The largest absolute Gasteiger partial charge is 0.486 e. The first-order valence-corrected chi connectivity index (χ1v) is 8.67. The zero-order chi connectivity index (χ0) is 19.7. The highest BCUT2D eigenvalue weighted by atomic mass is 19.1. The Balaban J connectivity index is 1.62. The second-order valence-corrected chi connectivity index (χ2v) is 6.48. The van der Waals surface area contributed by atoms with Gasteiger partial charge >= 0.3 is 0 Å². The normalized spacial score (nSPS) is 18.2. The van der Waals surface area contributed by atoms with Crippen molar-refractivity contribution in [1.82, 2.24) is 25.1 Å². The van der Waals surface area contributed by atoms with Gasteiger partial charge in [-0.2, -0.15) is 10.4 Å².